The van der Waals surface area contributed by atoms with Gasteiger partial charge in [-0.05, 0) is 30.0 Å². The first-order valence-electron chi connectivity index (χ1n) is 11.3. The van der Waals surface area contributed by atoms with Gasteiger partial charge in [-0.15, -0.1) is 22.7 Å². The van der Waals surface area contributed by atoms with Gasteiger partial charge in [0.15, 0.2) is 10.9 Å². The summed E-state index contributed by atoms with van der Waals surface area (Å²) in [7, 11) is 0. The summed E-state index contributed by atoms with van der Waals surface area (Å²) < 4.78 is 5.94. The number of thiophene rings is 1. The third-order valence-electron chi connectivity index (χ3n) is 5.88. The molecular formula is C25H24N4O4S2. The molecule has 180 valence electrons. The maximum Gasteiger partial charge on any atom is 0.270 e. The van der Waals surface area contributed by atoms with Crippen LogP contribution < -0.4 is 10.2 Å². The summed E-state index contributed by atoms with van der Waals surface area (Å²) >= 11 is 2.70. The van der Waals surface area contributed by atoms with Crippen LogP contribution in [0.2, 0.25) is 0 Å². The summed E-state index contributed by atoms with van der Waals surface area (Å²) in [6.07, 6.45) is 0.903. The van der Waals surface area contributed by atoms with Gasteiger partial charge in [-0.2, -0.15) is 0 Å². The number of anilines is 1. The normalized spacial score (nSPS) is 15.5. The molecule has 4 aromatic rings. The van der Waals surface area contributed by atoms with Crippen LogP contribution in [0.3, 0.4) is 0 Å². The molecule has 35 heavy (non-hydrogen) atoms. The molecule has 0 saturated carbocycles. The molecule has 1 saturated heterocycles. The summed E-state index contributed by atoms with van der Waals surface area (Å²) in [6, 6.07) is 13.3. The number of nitrogens with one attached hydrogen (secondary N) is 1. The van der Waals surface area contributed by atoms with Gasteiger partial charge in [0.1, 0.15) is 11.3 Å². The van der Waals surface area contributed by atoms with Gasteiger partial charge < -0.3 is 14.6 Å². The third-order valence-corrected chi connectivity index (χ3v) is 7.60. The second-order valence-electron chi connectivity index (χ2n) is 8.37. The lowest BCUT2D eigenvalue weighted by molar-refractivity contribution is -0.130. The molecule has 3 aromatic heterocycles. The van der Waals surface area contributed by atoms with Crippen molar-refractivity contribution in [3.8, 4) is 11.5 Å². The number of carbonyl (C=O) groups excluding carboxylic acids is 3. The molecule has 1 N–H and O–H groups in total. The van der Waals surface area contributed by atoms with E-state index in [0.29, 0.717) is 34.6 Å². The number of furan rings is 1. The van der Waals surface area contributed by atoms with E-state index in [0.717, 1.165) is 17.4 Å². The number of fused-ring (bicyclic) bond motifs is 1. The van der Waals surface area contributed by atoms with Gasteiger partial charge in [0.25, 0.3) is 5.91 Å². The molecule has 4 heterocycles. The van der Waals surface area contributed by atoms with Crippen LogP contribution >= 0.6 is 22.7 Å². The van der Waals surface area contributed by atoms with E-state index in [-0.39, 0.29) is 36.7 Å². The van der Waals surface area contributed by atoms with Gasteiger partial charge in [0.2, 0.25) is 11.8 Å². The first-order valence-corrected chi connectivity index (χ1v) is 13.1. The molecular weight excluding hydrogens is 484 g/mol. The van der Waals surface area contributed by atoms with Crippen molar-refractivity contribution in [1.29, 1.82) is 0 Å². The Bertz CT molecular complexity index is 1330. The fourth-order valence-corrected chi connectivity index (χ4v) is 5.69. The standard InChI is InChI=1S/C25H24N4O4S2/c1-16(30)26-18-8-10-28(14-18)23(31)9-11-29(24(32)22-7-4-12-34-22)25-27-19(15-35-25)21-13-17-5-2-3-6-20(17)33-21/h2-7,12-13,15,18H,8-11,14H2,1H3,(H,26,30). The Morgan fingerprint density at radius 3 is 2.83 bits per heavy atom. The zero-order chi connectivity index (χ0) is 24.4. The Morgan fingerprint density at radius 2 is 2.06 bits per heavy atom. The highest BCUT2D eigenvalue weighted by atomic mass is 32.1. The number of hydrogen-bond acceptors (Lipinski definition) is 7. The van der Waals surface area contributed by atoms with Crippen molar-refractivity contribution in [3.05, 3.63) is 58.1 Å². The summed E-state index contributed by atoms with van der Waals surface area (Å²) in [4.78, 5) is 46.1. The highest BCUT2D eigenvalue weighted by molar-refractivity contribution is 7.14. The number of benzene rings is 1. The van der Waals surface area contributed by atoms with Gasteiger partial charge in [-0.25, -0.2) is 4.98 Å². The van der Waals surface area contributed by atoms with Crippen molar-refractivity contribution in [1.82, 2.24) is 15.2 Å². The van der Waals surface area contributed by atoms with E-state index in [1.165, 1.54) is 29.6 Å². The zero-order valence-electron chi connectivity index (χ0n) is 19.1. The molecule has 0 aliphatic carbocycles. The van der Waals surface area contributed by atoms with Gasteiger partial charge >= 0.3 is 0 Å². The molecule has 5 rings (SSSR count). The predicted octanol–water partition coefficient (Wildman–Crippen LogP) is 4.39. The molecule has 0 bridgehead atoms. The summed E-state index contributed by atoms with van der Waals surface area (Å²) in [5, 5.41) is 8.09. The quantitative estimate of drug-likeness (QED) is 0.399. The van der Waals surface area contributed by atoms with E-state index in [1.54, 1.807) is 15.9 Å². The van der Waals surface area contributed by atoms with Crippen LogP contribution in [0.4, 0.5) is 5.13 Å². The molecule has 1 aliphatic heterocycles. The lowest BCUT2D eigenvalue weighted by Gasteiger charge is -2.21. The molecule has 1 unspecified atom stereocenters. The van der Waals surface area contributed by atoms with E-state index in [2.05, 4.69) is 10.3 Å². The van der Waals surface area contributed by atoms with E-state index in [1.807, 2.05) is 47.2 Å². The second kappa shape index (κ2) is 10.0. The van der Waals surface area contributed by atoms with Crippen molar-refractivity contribution < 1.29 is 18.8 Å². The summed E-state index contributed by atoms with van der Waals surface area (Å²) in [6.45, 7) is 2.77. The molecule has 1 fully saturated rings. The van der Waals surface area contributed by atoms with Crippen LogP contribution in [0, 0.1) is 0 Å². The Kier molecular flexibility index (Phi) is 6.65. The fourth-order valence-electron chi connectivity index (χ4n) is 4.18. The average Bonchev–Trinajstić information content (AvgIpc) is 3.65. The number of thiazole rings is 1. The first-order chi connectivity index (χ1) is 17.0. The maximum atomic E-state index is 13.3. The molecule has 0 spiro atoms. The topological polar surface area (TPSA) is 95.8 Å². The van der Waals surface area contributed by atoms with Gasteiger partial charge in [0.05, 0.1) is 4.88 Å². The fraction of sp³-hybridized carbons (Fsp3) is 0.280. The average molecular weight is 509 g/mol. The minimum absolute atomic E-state index is 0.0226. The number of amides is 3. The van der Waals surface area contributed by atoms with Gasteiger partial charge in [-0.3, -0.25) is 19.3 Å². The number of carbonyl (C=O) groups is 3. The highest BCUT2D eigenvalue weighted by Gasteiger charge is 2.28. The number of hydrogen-bond donors (Lipinski definition) is 1. The monoisotopic (exact) mass is 508 g/mol. The SMILES string of the molecule is CC(=O)NC1CCN(C(=O)CCN(C(=O)c2cccs2)c2nc(-c3cc4ccccc4o3)cs2)C1. The van der Waals surface area contributed by atoms with Crippen molar-refractivity contribution in [2.45, 2.75) is 25.8 Å². The third kappa shape index (κ3) is 5.13. The molecule has 1 aliphatic rings. The molecule has 1 aromatic carbocycles. The number of nitrogens with zero attached hydrogens (tertiary/aromatic N) is 3. The maximum absolute atomic E-state index is 13.3. The van der Waals surface area contributed by atoms with Gasteiger partial charge in [-0.1, -0.05) is 24.3 Å². The van der Waals surface area contributed by atoms with E-state index < -0.39 is 0 Å². The van der Waals surface area contributed by atoms with Crippen LogP contribution in [-0.2, 0) is 9.59 Å². The Labute approximate surface area is 210 Å². The molecule has 0 radical (unpaired) electrons. The minimum atomic E-state index is -0.184. The smallest absolute Gasteiger partial charge is 0.270 e. The molecule has 8 nitrogen and oxygen atoms in total. The molecule has 10 heteroatoms. The highest BCUT2D eigenvalue weighted by Crippen LogP contribution is 2.32. The zero-order valence-corrected chi connectivity index (χ0v) is 20.7. The number of likely N-dealkylation sites (tertiary alicyclic amines) is 1. The van der Waals surface area contributed by atoms with E-state index >= 15 is 0 Å². The molecule has 3 amide bonds. The van der Waals surface area contributed by atoms with Gasteiger partial charge in [0, 0.05) is 49.8 Å². The Hall–Kier alpha value is -3.50. The van der Waals surface area contributed by atoms with Crippen molar-refractivity contribution in [2.24, 2.45) is 0 Å². The predicted molar refractivity (Wildman–Crippen MR) is 137 cm³/mol. The first kappa shape index (κ1) is 23.3. The second-order valence-corrected chi connectivity index (χ2v) is 10.2. The van der Waals surface area contributed by atoms with Crippen LogP contribution in [0.25, 0.3) is 22.4 Å². The van der Waals surface area contributed by atoms with Crippen LogP contribution in [0.5, 0.6) is 0 Å². The van der Waals surface area contributed by atoms with Crippen LogP contribution in [-0.4, -0.2) is 53.3 Å². The largest absolute Gasteiger partial charge is 0.454 e. The Morgan fingerprint density at radius 1 is 1.20 bits per heavy atom. The van der Waals surface area contributed by atoms with Crippen LogP contribution in [0.15, 0.2) is 57.6 Å². The number of para-hydroxylation sites is 1. The van der Waals surface area contributed by atoms with E-state index in [4.69, 9.17) is 4.42 Å². The lowest BCUT2D eigenvalue weighted by Crippen LogP contribution is -2.39. The van der Waals surface area contributed by atoms with Crippen molar-refractivity contribution in [3.63, 3.8) is 0 Å². The molecule has 1 atom stereocenters. The lowest BCUT2D eigenvalue weighted by atomic mass is 10.2. The number of rotatable bonds is 7. The van der Waals surface area contributed by atoms with Crippen molar-refractivity contribution in [2.75, 3.05) is 24.5 Å². The summed E-state index contributed by atoms with van der Waals surface area (Å²) in [5.74, 6) is 0.308. The van der Waals surface area contributed by atoms with Crippen LogP contribution in [0.1, 0.15) is 29.4 Å². The van der Waals surface area contributed by atoms with Crippen molar-refractivity contribution >= 4 is 56.5 Å². The summed E-state index contributed by atoms with van der Waals surface area (Å²) in [5.41, 5.74) is 1.42. The Balaban J connectivity index is 1.33. The minimum Gasteiger partial charge on any atom is -0.454 e. The number of aromatic nitrogens is 1. The van der Waals surface area contributed by atoms with E-state index in [9.17, 15) is 14.4 Å².